The molecule has 4 nitrogen and oxygen atoms in total. The van der Waals surface area contributed by atoms with E-state index >= 15 is 0 Å². The Morgan fingerprint density at radius 3 is 2.85 bits per heavy atom. The summed E-state index contributed by atoms with van der Waals surface area (Å²) in [5.41, 5.74) is 1.64. The van der Waals surface area contributed by atoms with Crippen LogP contribution >= 0.6 is 0 Å². The maximum atomic E-state index is 9.78. The summed E-state index contributed by atoms with van der Waals surface area (Å²) in [6.45, 7) is 1.87. The van der Waals surface area contributed by atoms with Crippen LogP contribution in [0.1, 0.15) is 43.0 Å². The number of phenols is 1. The molecule has 3 atom stereocenters. The molecule has 1 aromatic carbocycles. The standard InChI is InChI=1S/C16H18N2O2/c1-9-2-4-12(8-14(9)19)16-17-15(18-20-16)13-7-10-3-5-11(13)6-10/h2,4,8,10-11,13,19H,3,5-7H2,1H3. The monoisotopic (exact) mass is 270 g/mol. The summed E-state index contributed by atoms with van der Waals surface area (Å²) < 4.78 is 5.39. The lowest BCUT2D eigenvalue weighted by Crippen LogP contribution is -2.09. The molecule has 104 valence electrons. The fraction of sp³-hybridized carbons (Fsp3) is 0.500. The SMILES string of the molecule is Cc1ccc(-c2nc(C3CC4CCC3C4)no2)cc1O. The first kappa shape index (κ1) is 11.9. The summed E-state index contributed by atoms with van der Waals surface area (Å²) in [6, 6.07) is 5.46. The Morgan fingerprint density at radius 1 is 1.25 bits per heavy atom. The van der Waals surface area contributed by atoms with Gasteiger partial charge in [0, 0.05) is 11.5 Å². The van der Waals surface area contributed by atoms with Crippen LogP contribution in [-0.4, -0.2) is 15.2 Å². The van der Waals surface area contributed by atoms with Crippen LogP contribution in [0, 0.1) is 18.8 Å². The third kappa shape index (κ3) is 1.82. The predicted octanol–water partition coefficient (Wildman–Crippen LogP) is 3.65. The van der Waals surface area contributed by atoms with E-state index in [1.165, 1.54) is 25.7 Å². The van der Waals surface area contributed by atoms with Gasteiger partial charge in [-0.3, -0.25) is 0 Å². The molecule has 1 aromatic heterocycles. The van der Waals surface area contributed by atoms with Crippen LogP contribution in [0.5, 0.6) is 5.75 Å². The summed E-state index contributed by atoms with van der Waals surface area (Å²) in [5.74, 6) is 3.73. The number of hydrogen-bond donors (Lipinski definition) is 1. The zero-order valence-corrected chi connectivity index (χ0v) is 11.5. The van der Waals surface area contributed by atoms with Crippen molar-refractivity contribution >= 4 is 0 Å². The van der Waals surface area contributed by atoms with Gasteiger partial charge in [0.15, 0.2) is 5.82 Å². The van der Waals surface area contributed by atoms with Gasteiger partial charge in [0.2, 0.25) is 0 Å². The highest BCUT2D eigenvalue weighted by atomic mass is 16.5. The Hall–Kier alpha value is -1.84. The minimum Gasteiger partial charge on any atom is -0.508 e. The van der Waals surface area contributed by atoms with Gasteiger partial charge in [0.25, 0.3) is 5.89 Å². The highest BCUT2D eigenvalue weighted by Crippen LogP contribution is 2.52. The summed E-state index contributed by atoms with van der Waals surface area (Å²) in [4.78, 5) is 4.56. The third-order valence-electron chi connectivity index (χ3n) is 4.97. The molecule has 4 heteroatoms. The van der Waals surface area contributed by atoms with Crippen LogP contribution in [0.25, 0.3) is 11.5 Å². The third-order valence-corrected chi connectivity index (χ3v) is 4.97. The van der Waals surface area contributed by atoms with Crippen molar-refractivity contribution in [2.75, 3.05) is 0 Å². The Labute approximate surface area is 117 Å². The predicted molar refractivity (Wildman–Crippen MR) is 74.3 cm³/mol. The van der Waals surface area contributed by atoms with Crippen molar-refractivity contribution in [1.82, 2.24) is 10.1 Å². The average molecular weight is 270 g/mol. The van der Waals surface area contributed by atoms with E-state index in [0.717, 1.165) is 28.8 Å². The normalized spacial score (nSPS) is 28.1. The van der Waals surface area contributed by atoms with Gasteiger partial charge < -0.3 is 9.63 Å². The van der Waals surface area contributed by atoms with Crippen molar-refractivity contribution < 1.29 is 9.63 Å². The van der Waals surface area contributed by atoms with Gasteiger partial charge in [-0.05, 0) is 55.7 Å². The van der Waals surface area contributed by atoms with Gasteiger partial charge in [-0.1, -0.05) is 17.6 Å². The maximum Gasteiger partial charge on any atom is 0.258 e. The molecule has 1 heterocycles. The Morgan fingerprint density at radius 2 is 2.15 bits per heavy atom. The first-order valence-corrected chi connectivity index (χ1v) is 7.34. The lowest BCUT2D eigenvalue weighted by Gasteiger charge is -2.17. The van der Waals surface area contributed by atoms with Gasteiger partial charge in [0.1, 0.15) is 5.75 Å². The van der Waals surface area contributed by atoms with Gasteiger partial charge in [-0.2, -0.15) is 4.98 Å². The molecule has 0 radical (unpaired) electrons. The number of aromatic nitrogens is 2. The summed E-state index contributed by atoms with van der Waals surface area (Å²) in [5, 5.41) is 14.0. The molecule has 2 bridgehead atoms. The summed E-state index contributed by atoms with van der Waals surface area (Å²) >= 11 is 0. The number of aryl methyl sites for hydroxylation is 1. The fourth-order valence-corrected chi connectivity index (χ4v) is 3.81. The number of phenolic OH excluding ortho intramolecular Hbond substituents is 1. The van der Waals surface area contributed by atoms with Crippen molar-refractivity contribution in [1.29, 1.82) is 0 Å². The summed E-state index contributed by atoms with van der Waals surface area (Å²) in [6.07, 6.45) is 5.23. The van der Waals surface area contributed by atoms with E-state index in [9.17, 15) is 5.11 Å². The number of nitrogens with zero attached hydrogens (tertiary/aromatic N) is 2. The number of benzene rings is 1. The van der Waals surface area contributed by atoms with Gasteiger partial charge in [-0.25, -0.2) is 0 Å². The molecule has 0 amide bonds. The lowest BCUT2D eigenvalue weighted by atomic mass is 9.88. The maximum absolute atomic E-state index is 9.78. The highest BCUT2D eigenvalue weighted by molar-refractivity contribution is 5.57. The largest absolute Gasteiger partial charge is 0.508 e. The van der Waals surface area contributed by atoms with E-state index in [4.69, 9.17) is 4.52 Å². The van der Waals surface area contributed by atoms with E-state index in [1.807, 2.05) is 19.1 Å². The minimum absolute atomic E-state index is 0.266. The molecule has 2 aliphatic rings. The van der Waals surface area contributed by atoms with Crippen molar-refractivity contribution in [2.24, 2.45) is 11.8 Å². The van der Waals surface area contributed by atoms with E-state index < -0.39 is 0 Å². The van der Waals surface area contributed by atoms with Crippen LogP contribution in [0.15, 0.2) is 22.7 Å². The Bertz CT molecular complexity index is 650. The second-order valence-electron chi connectivity index (χ2n) is 6.24. The number of aromatic hydroxyl groups is 1. The Kier molecular flexibility index (Phi) is 2.59. The van der Waals surface area contributed by atoms with Crippen molar-refractivity contribution in [3.05, 3.63) is 29.6 Å². The quantitative estimate of drug-likeness (QED) is 0.904. The topological polar surface area (TPSA) is 59.2 Å². The molecule has 0 saturated heterocycles. The second kappa shape index (κ2) is 4.33. The van der Waals surface area contributed by atoms with Gasteiger partial charge >= 0.3 is 0 Å². The number of hydrogen-bond acceptors (Lipinski definition) is 4. The van der Waals surface area contributed by atoms with Crippen molar-refractivity contribution in [3.63, 3.8) is 0 Å². The molecule has 2 saturated carbocycles. The molecule has 2 aromatic rings. The molecule has 4 rings (SSSR count). The van der Waals surface area contributed by atoms with Gasteiger partial charge in [0.05, 0.1) is 0 Å². The Balaban J connectivity index is 1.63. The van der Waals surface area contributed by atoms with E-state index in [2.05, 4.69) is 10.1 Å². The van der Waals surface area contributed by atoms with Crippen LogP contribution in [-0.2, 0) is 0 Å². The highest BCUT2D eigenvalue weighted by Gasteiger charge is 2.42. The van der Waals surface area contributed by atoms with Crippen molar-refractivity contribution in [3.8, 4) is 17.2 Å². The smallest absolute Gasteiger partial charge is 0.258 e. The molecule has 2 fully saturated rings. The molecule has 3 unspecified atom stereocenters. The average Bonchev–Trinajstić information content (AvgIpc) is 3.16. The van der Waals surface area contributed by atoms with E-state index in [0.29, 0.717) is 11.8 Å². The zero-order valence-electron chi connectivity index (χ0n) is 11.5. The zero-order chi connectivity index (χ0) is 13.7. The summed E-state index contributed by atoms with van der Waals surface area (Å²) in [7, 11) is 0. The first-order valence-electron chi connectivity index (χ1n) is 7.34. The second-order valence-corrected chi connectivity index (χ2v) is 6.24. The van der Waals surface area contributed by atoms with E-state index in [1.54, 1.807) is 6.07 Å². The lowest BCUT2D eigenvalue weighted by molar-refractivity contribution is 0.372. The fourth-order valence-electron chi connectivity index (χ4n) is 3.81. The first-order chi connectivity index (χ1) is 9.70. The molecular formula is C16H18N2O2. The molecule has 20 heavy (non-hydrogen) atoms. The molecule has 2 aliphatic carbocycles. The van der Waals surface area contributed by atoms with Crippen molar-refractivity contribution in [2.45, 2.75) is 38.5 Å². The minimum atomic E-state index is 0.266. The van der Waals surface area contributed by atoms with Gasteiger partial charge in [-0.15, -0.1) is 0 Å². The molecule has 0 aliphatic heterocycles. The number of rotatable bonds is 2. The number of fused-ring (bicyclic) bond motifs is 2. The molecule has 0 spiro atoms. The molecular weight excluding hydrogens is 252 g/mol. The van der Waals surface area contributed by atoms with Crippen LogP contribution in [0.3, 0.4) is 0 Å². The van der Waals surface area contributed by atoms with E-state index in [-0.39, 0.29) is 5.75 Å². The van der Waals surface area contributed by atoms with Crippen LogP contribution < -0.4 is 0 Å². The van der Waals surface area contributed by atoms with Crippen LogP contribution in [0.2, 0.25) is 0 Å². The molecule has 1 N–H and O–H groups in total. The van der Waals surface area contributed by atoms with Crippen LogP contribution in [0.4, 0.5) is 0 Å².